The second kappa shape index (κ2) is 5.65. The highest BCUT2D eigenvalue weighted by atomic mass is 16.5. The van der Waals surface area contributed by atoms with Gasteiger partial charge in [0, 0.05) is 6.42 Å². The lowest BCUT2D eigenvalue weighted by Crippen LogP contribution is -2.23. The fourth-order valence-electron chi connectivity index (χ4n) is 2.01. The quantitative estimate of drug-likeness (QED) is 0.741. The average Bonchev–Trinajstić information content (AvgIpc) is 2.55. The van der Waals surface area contributed by atoms with Gasteiger partial charge >= 0.3 is 0 Å². The molecule has 0 amide bonds. The van der Waals surface area contributed by atoms with Crippen molar-refractivity contribution in [3.63, 3.8) is 0 Å². The lowest BCUT2D eigenvalue weighted by Gasteiger charge is -2.21. The second-order valence-corrected chi connectivity index (χ2v) is 5.37. The van der Waals surface area contributed by atoms with Crippen molar-refractivity contribution in [3.8, 4) is 0 Å². The Kier molecular flexibility index (Phi) is 4.72. The standard InChI is InChI=1S/C15H24O2/c1-6-15(5,16)8-7-14-12(4)10-13(17-14)9-11(2)3/h6,9,13-14,16H,1,4,7-8,10H2,2-3,5H3/t13-,14-,15+/m1/s1. The normalized spacial score (nSPS) is 27.6. The molecule has 96 valence electrons. The van der Waals surface area contributed by atoms with Gasteiger partial charge in [0.25, 0.3) is 0 Å². The summed E-state index contributed by atoms with van der Waals surface area (Å²) in [5.74, 6) is 0. The fourth-order valence-corrected chi connectivity index (χ4v) is 2.01. The molecule has 1 aliphatic heterocycles. The molecule has 1 fully saturated rings. The maximum absolute atomic E-state index is 9.87. The first-order valence-corrected chi connectivity index (χ1v) is 6.18. The molecule has 17 heavy (non-hydrogen) atoms. The van der Waals surface area contributed by atoms with Gasteiger partial charge in [-0.2, -0.15) is 0 Å². The van der Waals surface area contributed by atoms with Crippen LogP contribution in [0.25, 0.3) is 0 Å². The van der Waals surface area contributed by atoms with Gasteiger partial charge in [0.2, 0.25) is 0 Å². The molecule has 0 aliphatic carbocycles. The van der Waals surface area contributed by atoms with Crippen molar-refractivity contribution in [1.82, 2.24) is 0 Å². The monoisotopic (exact) mass is 236 g/mol. The van der Waals surface area contributed by atoms with Crippen LogP contribution in [0.1, 0.15) is 40.0 Å². The van der Waals surface area contributed by atoms with Crippen molar-refractivity contribution in [2.45, 2.75) is 57.8 Å². The van der Waals surface area contributed by atoms with Gasteiger partial charge in [-0.25, -0.2) is 0 Å². The first-order valence-electron chi connectivity index (χ1n) is 6.18. The molecule has 3 atom stereocenters. The minimum atomic E-state index is -0.807. The molecule has 2 heteroatoms. The van der Waals surface area contributed by atoms with Crippen LogP contribution in [0.3, 0.4) is 0 Å². The van der Waals surface area contributed by atoms with E-state index in [-0.39, 0.29) is 12.2 Å². The van der Waals surface area contributed by atoms with Gasteiger partial charge in [-0.05, 0) is 39.2 Å². The van der Waals surface area contributed by atoms with Crippen LogP contribution in [-0.2, 0) is 4.74 Å². The van der Waals surface area contributed by atoms with E-state index in [0.29, 0.717) is 6.42 Å². The Morgan fingerprint density at radius 2 is 2.24 bits per heavy atom. The molecular formula is C15H24O2. The molecule has 1 rings (SSSR count). The molecule has 0 spiro atoms. The van der Waals surface area contributed by atoms with E-state index >= 15 is 0 Å². The topological polar surface area (TPSA) is 29.5 Å². The molecule has 1 N–H and O–H groups in total. The predicted octanol–water partition coefficient (Wildman–Crippen LogP) is 3.38. The van der Waals surface area contributed by atoms with Crippen LogP contribution >= 0.6 is 0 Å². The highest BCUT2D eigenvalue weighted by Gasteiger charge is 2.29. The molecule has 2 nitrogen and oxygen atoms in total. The highest BCUT2D eigenvalue weighted by molar-refractivity contribution is 5.15. The van der Waals surface area contributed by atoms with Crippen LogP contribution in [0.4, 0.5) is 0 Å². The van der Waals surface area contributed by atoms with E-state index in [2.05, 4.69) is 33.1 Å². The van der Waals surface area contributed by atoms with E-state index in [0.717, 1.165) is 18.4 Å². The lowest BCUT2D eigenvalue weighted by molar-refractivity contribution is 0.0454. The van der Waals surface area contributed by atoms with Crippen LogP contribution in [0.15, 0.2) is 36.5 Å². The first-order chi connectivity index (χ1) is 7.84. The van der Waals surface area contributed by atoms with Crippen LogP contribution in [0.2, 0.25) is 0 Å². The molecule has 0 unspecified atom stereocenters. The number of aliphatic hydroxyl groups is 1. The molecule has 1 aliphatic rings. The maximum atomic E-state index is 9.87. The minimum Gasteiger partial charge on any atom is -0.386 e. The zero-order chi connectivity index (χ0) is 13.1. The second-order valence-electron chi connectivity index (χ2n) is 5.37. The summed E-state index contributed by atoms with van der Waals surface area (Å²) >= 11 is 0. The van der Waals surface area contributed by atoms with Crippen molar-refractivity contribution in [2.75, 3.05) is 0 Å². The molecule has 0 aromatic heterocycles. The third-order valence-corrected chi connectivity index (χ3v) is 3.13. The summed E-state index contributed by atoms with van der Waals surface area (Å²) in [6.07, 6.45) is 6.29. The van der Waals surface area contributed by atoms with E-state index in [4.69, 9.17) is 4.74 Å². The average molecular weight is 236 g/mol. The summed E-state index contributed by atoms with van der Waals surface area (Å²) in [6.45, 7) is 13.6. The highest BCUT2D eigenvalue weighted by Crippen LogP contribution is 2.30. The van der Waals surface area contributed by atoms with Gasteiger partial charge in [0.05, 0.1) is 17.8 Å². The molecule has 0 aromatic carbocycles. The molecule has 1 saturated heterocycles. The van der Waals surface area contributed by atoms with E-state index in [1.54, 1.807) is 13.0 Å². The number of hydrogen-bond donors (Lipinski definition) is 1. The Morgan fingerprint density at radius 1 is 1.59 bits per heavy atom. The fraction of sp³-hybridized carbons (Fsp3) is 0.600. The summed E-state index contributed by atoms with van der Waals surface area (Å²) in [4.78, 5) is 0. The number of ether oxygens (including phenoxy) is 1. The first kappa shape index (κ1) is 14.2. The van der Waals surface area contributed by atoms with Crippen molar-refractivity contribution < 1.29 is 9.84 Å². The van der Waals surface area contributed by atoms with Gasteiger partial charge in [-0.3, -0.25) is 0 Å². The maximum Gasteiger partial charge on any atom is 0.0804 e. The Hall–Kier alpha value is -0.860. The van der Waals surface area contributed by atoms with Crippen LogP contribution in [-0.4, -0.2) is 22.9 Å². The third-order valence-electron chi connectivity index (χ3n) is 3.13. The molecule has 1 heterocycles. The molecule has 0 aromatic rings. The van der Waals surface area contributed by atoms with Gasteiger partial charge in [-0.1, -0.05) is 24.3 Å². The van der Waals surface area contributed by atoms with E-state index in [1.807, 2.05) is 0 Å². The van der Waals surface area contributed by atoms with Gasteiger partial charge in [0.1, 0.15) is 0 Å². The third kappa shape index (κ3) is 4.49. The molecule has 0 saturated carbocycles. The van der Waals surface area contributed by atoms with Crippen molar-refractivity contribution in [3.05, 3.63) is 36.5 Å². The number of allylic oxidation sites excluding steroid dienone is 1. The summed E-state index contributed by atoms with van der Waals surface area (Å²) in [7, 11) is 0. The van der Waals surface area contributed by atoms with Gasteiger partial charge in [-0.15, -0.1) is 6.58 Å². The number of rotatable bonds is 5. The van der Waals surface area contributed by atoms with Crippen molar-refractivity contribution in [2.24, 2.45) is 0 Å². The van der Waals surface area contributed by atoms with Crippen LogP contribution in [0, 0.1) is 0 Å². The van der Waals surface area contributed by atoms with Gasteiger partial charge in [0.15, 0.2) is 0 Å². The predicted molar refractivity (Wildman–Crippen MR) is 71.9 cm³/mol. The lowest BCUT2D eigenvalue weighted by atomic mass is 9.95. The van der Waals surface area contributed by atoms with E-state index in [1.165, 1.54) is 5.57 Å². The van der Waals surface area contributed by atoms with Crippen LogP contribution < -0.4 is 0 Å². The summed E-state index contributed by atoms with van der Waals surface area (Å²) in [6, 6.07) is 0. The van der Waals surface area contributed by atoms with Crippen LogP contribution in [0.5, 0.6) is 0 Å². The zero-order valence-electron chi connectivity index (χ0n) is 11.2. The summed E-state index contributed by atoms with van der Waals surface area (Å²) < 4.78 is 5.90. The molecule has 0 radical (unpaired) electrons. The van der Waals surface area contributed by atoms with Crippen molar-refractivity contribution in [1.29, 1.82) is 0 Å². The smallest absolute Gasteiger partial charge is 0.0804 e. The Balaban J connectivity index is 2.49. The Labute approximate surface area is 105 Å². The Morgan fingerprint density at radius 3 is 2.76 bits per heavy atom. The van der Waals surface area contributed by atoms with Crippen molar-refractivity contribution >= 4 is 0 Å². The number of hydrogen-bond acceptors (Lipinski definition) is 2. The zero-order valence-corrected chi connectivity index (χ0v) is 11.2. The van der Waals surface area contributed by atoms with E-state index < -0.39 is 5.60 Å². The minimum absolute atomic E-state index is 0.0713. The summed E-state index contributed by atoms with van der Waals surface area (Å²) in [5.41, 5.74) is 1.59. The SMILES string of the molecule is C=C[C@](C)(O)CC[C@H]1O[C@H](C=C(C)C)CC1=C. The van der Waals surface area contributed by atoms with Gasteiger partial charge < -0.3 is 9.84 Å². The molecular weight excluding hydrogens is 212 g/mol. The summed E-state index contributed by atoms with van der Waals surface area (Å²) in [5, 5.41) is 9.87. The molecule has 0 bridgehead atoms. The Bertz CT molecular complexity index is 322. The van der Waals surface area contributed by atoms with E-state index in [9.17, 15) is 5.11 Å². The largest absolute Gasteiger partial charge is 0.386 e.